The molecule has 0 bridgehead atoms. The van der Waals surface area contributed by atoms with Crippen LogP contribution in [0.4, 0.5) is 24.7 Å². The lowest BCUT2D eigenvalue weighted by Crippen LogP contribution is -2.27. The Labute approximate surface area is 204 Å². The summed E-state index contributed by atoms with van der Waals surface area (Å²) in [6.45, 7) is 1.74. The summed E-state index contributed by atoms with van der Waals surface area (Å²) in [6.07, 6.45) is 2.44. The molecule has 1 saturated carbocycles. The van der Waals surface area contributed by atoms with E-state index in [9.17, 15) is 13.2 Å². The first kappa shape index (κ1) is 22.3. The van der Waals surface area contributed by atoms with Crippen molar-refractivity contribution in [3.63, 3.8) is 0 Å². The number of hydrogen-bond donors (Lipinski definition) is 2. The molecule has 6 nitrogen and oxygen atoms in total. The third-order valence-corrected chi connectivity index (χ3v) is 8.28. The van der Waals surface area contributed by atoms with Crippen LogP contribution < -0.4 is 10.2 Å². The molecular formula is C25H25F3N6S. The Bertz CT molecular complexity index is 1320. The van der Waals surface area contributed by atoms with Crippen molar-refractivity contribution < 1.29 is 13.2 Å². The van der Waals surface area contributed by atoms with Crippen LogP contribution >= 0.6 is 11.3 Å². The molecule has 1 spiro atoms. The molecule has 6 rings (SSSR count). The number of nitrogens with zero attached hydrogens (tertiary/aromatic N) is 4. The highest BCUT2D eigenvalue weighted by atomic mass is 32.1. The normalized spacial score (nSPS) is 22.5. The van der Waals surface area contributed by atoms with Gasteiger partial charge in [-0.25, -0.2) is 9.97 Å². The van der Waals surface area contributed by atoms with E-state index >= 15 is 0 Å². The first-order valence-electron chi connectivity index (χ1n) is 11.8. The van der Waals surface area contributed by atoms with Gasteiger partial charge in [-0.2, -0.15) is 18.3 Å². The molecule has 0 radical (unpaired) electrons. The van der Waals surface area contributed by atoms with Crippen LogP contribution in [0.5, 0.6) is 0 Å². The van der Waals surface area contributed by atoms with Crippen molar-refractivity contribution in [3.8, 4) is 11.3 Å². The van der Waals surface area contributed by atoms with Crippen LogP contribution in [0.1, 0.15) is 30.6 Å². The summed E-state index contributed by atoms with van der Waals surface area (Å²) in [6, 6.07) is 12.4. The number of thiophene rings is 1. The van der Waals surface area contributed by atoms with E-state index in [0.29, 0.717) is 10.9 Å². The van der Waals surface area contributed by atoms with Gasteiger partial charge in [0.2, 0.25) is 0 Å². The number of nitrogens with one attached hydrogen (secondary N) is 2. The highest BCUT2D eigenvalue weighted by molar-refractivity contribution is 7.18. The zero-order valence-corrected chi connectivity index (χ0v) is 19.8. The minimum Gasteiger partial charge on any atom is -0.382 e. The topological polar surface area (TPSA) is 69.7 Å². The number of alkyl halides is 3. The summed E-state index contributed by atoms with van der Waals surface area (Å²) in [4.78, 5) is 11.9. The zero-order valence-electron chi connectivity index (χ0n) is 19.0. The summed E-state index contributed by atoms with van der Waals surface area (Å²) >= 11 is 1.11. The lowest BCUT2D eigenvalue weighted by atomic mass is 9.85. The summed E-state index contributed by atoms with van der Waals surface area (Å²) in [5.74, 6) is 0.766. The fourth-order valence-electron chi connectivity index (χ4n) is 5.65. The van der Waals surface area contributed by atoms with Crippen molar-refractivity contribution in [1.82, 2.24) is 20.2 Å². The van der Waals surface area contributed by atoms with Crippen LogP contribution in [0.25, 0.3) is 21.5 Å². The molecule has 4 aromatic rings. The Kier molecular flexibility index (Phi) is 5.43. The van der Waals surface area contributed by atoms with Gasteiger partial charge in [0.05, 0.1) is 17.5 Å². The van der Waals surface area contributed by atoms with Crippen molar-refractivity contribution in [3.05, 3.63) is 53.8 Å². The third kappa shape index (κ3) is 4.59. The second-order valence-electron chi connectivity index (χ2n) is 9.72. The van der Waals surface area contributed by atoms with E-state index in [1.807, 2.05) is 6.07 Å². The van der Waals surface area contributed by atoms with E-state index in [4.69, 9.17) is 0 Å². The second-order valence-corrected chi connectivity index (χ2v) is 10.8. The molecule has 35 heavy (non-hydrogen) atoms. The fourth-order valence-corrected chi connectivity index (χ4v) is 6.67. The van der Waals surface area contributed by atoms with Crippen LogP contribution in [0.3, 0.4) is 0 Å². The highest BCUT2D eigenvalue weighted by Gasteiger charge is 2.44. The molecule has 2 atom stereocenters. The lowest BCUT2D eigenvalue weighted by Gasteiger charge is -2.25. The lowest BCUT2D eigenvalue weighted by molar-refractivity contribution is -0.126. The predicted octanol–water partition coefficient (Wildman–Crippen LogP) is 6.05. The van der Waals surface area contributed by atoms with Gasteiger partial charge < -0.3 is 10.2 Å². The Morgan fingerprint density at radius 1 is 1.14 bits per heavy atom. The second kappa shape index (κ2) is 8.51. The van der Waals surface area contributed by atoms with Crippen LogP contribution in [0.2, 0.25) is 0 Å². The maximum absolute atomic E-state index is 12.9. The molecule has 1 saturated heterocycles. The standard InChI is InChI=1S/C25H25F3N6S/c26-25(27,28)13-19-11-20-22(29-15-30-23(20)35-19)34-10-8-24(14-34)7-5-18(12-24)32-17-3-1-16(2-4-17)21-6-9-31-33-21/h1-4,6,9,11,15,18,32H,5,7-8,10,12-14H2,(H,31,33). The summed E-state index contributed by atoms with van der Waals surface area (Å²) in [7, 11) is 0. The molecule has 182 valence electrons. The SMILES string of the molecule is FC(F)(F)Cc1cc2c(N3CCC4(CCC(Nc5ccc(-c6ccn[nH]6)cc5)C4)C3)ncnc2s1. The molecule has 10 heteroatoms. The number of benzene rings is 1. The van der Waals surface area contributed by atoms with Gasteiger partial charge in [-0.3, -0.25) is 5.10 Å². The fraction of sp³-hybridized carbons (Fsp3) is 0.400. The number of rotatable bonds is 5. The van der Waals surface area contributed by atoms with Crippen LogP contribution in [-0.4, -0.2) is 45.5 Å². The monoisotopic (exact) mass is 498 g/mol. The van der Waals surface area contributed by atoms with Crippen LogP contribution in [-0.2, 0) is 6.42 Å². The van der Waals surface area contributed by atoms with Gasteiger partial charge in [0.1, 0.15) is 17.0 Å². The van der Waals surface area contributed by atoms with Gasteiger partial charge in [0.25, 0.3) is 0 Å². The number of aromatic amines is 1. The van der Waals surface area contributed by atoms with Gasteiger partial charge in [0.15, 0.2) is 0 Å². The molecular weight excluding hydrogens is 473 g/mol. The van der Waals surface area contributed by atoms with Crippen molar-refractivity contribution in [2.24, 2.45) is 5.41 Å². The maximum atomic E-state index is 12.9. The largest absolute Gasteiger partial charge is 0.393 e. The molecule has 2 fully saturated rings. The van der Waals surface area contributed by atoms with Crippen molar-refractivity contribution in [1.29, 1.82) is 0 Å². The molecule has 4 heterocycles. The average Bonchev–Trinajstić information content (AvgIpc) is 3.61. The molecule has 2 N–H and O–H groups in total. The quantitative estimate of drug-likeness (QED) is 0.351. The summed E-state index contributed by atoms with van der Waals surface area (Å²) in [5.41, 5.74) is 3.41. The Hall–Kier alpha value is -3.14. The van der Waals surface area contributed by atoms with Crippen molar-refractivity contribution in [2.75, 3.05) is 23.3 Å². The van der Waals surface area contributed by atoms with E-state index in [1.54, 1.807) is 12.3 Å². The Morgan fingerprint density at radius 2 is 2.00 bits per heavy atom. The first-order valence-corrected chi connectivity index (χ1v) is 12.6. The number of fused-ring (bicyclic) bond motifs is 1. The molecule has 0 amide bonds. The third-order valence-electron chi connectivity index (χ3n) is 7.24. The average molecular weight is 499 g/mol. The van der Waals surface area contributed by atoms with E-state index in [1.165, 1.54) is 6.33 Å². The van der Waals surface area contributed by atoms with E-state index in [2.05, 4.69) is 54.6 Å². The number of halogens is 3. The van der Waals surface area contributed by atoms with E-state index in [-0.39, 0.29) is 10.3 Å². The number of hydrogen-bond acceptors (Lipinski definition) is 6. The van der Waals surface area contributed by atoms with Crippen LogP contribution in [0.15, 0.2) is 48.9 Å². The molecule has 1 aliphatic carbocycles. The number of H-pyrrole nitrogens is 1. The summed E-state index contributed by atoms with van der Waals surface area (Å²) < 4.78 is 38.7. The zero-order chi connectivity index (χ0) is 24.0. The predicted molar refractivity (Wildman–Crippen MR) is 132 cm³/mol. The Morgan fingerprint density at radius 3 is 2.77 bits per heavy atom. The summed E-state index contributed by atoms with van der Waals surface area (Å²) in [5, 5.41) is 11.4. The van der Waals surface area contributed by atoms with Gasteiger partial charge in [0, 0.05) is 35.9 Å². The van der Waals surface area contributed by atoms with Gasteiger partial charge in [-0.1, -0.05) is 12.1 Å². The van der Waals surface area contributed by atoms with Gasteiger partial charge >= 0.3 is 6.18 Å². The van der Waals surface area contributed by atoms with Crippen LogP contribution in [0, 0.1) is 5.41 Å². The number of anilines is 2. The minimum atomic E-state index is -4.22. The number of aromatic nitrogens is 4. The Balaban J connectivity index is 1.13. The highest BCUT2D eigenvalue weighted by Crippen LogP contribution is 2.48. The molecule has 2 unspecified atom stereocenters. The molecule has 1 aromatic carbocycles. The van der Waals surface area contributed by atoms with E-state index < -0.39 is 12.6 Å². The minimum absolute atomic E-state index is 0.204. The maximum Gasteiger partial charge on any atom is 0.393 e. The molecule has 3 aromatic heterocycles. The van der Waals surface area contributed by atoms with Gasteiger partial charge in [-0.05, 0) is 60.9 Å². The van der Waals surface area contributed by atoms with Crippen molar-refractivity contribution in [2.45, 2.75) is 44.3 Å². The molecule has 2 aliphatic rings. The van der Waals surface area contributed by atoms with E-state index in [0.717, 1.165) is 78.3 Å². The molecule has 1 aliphatic heterocycles. The van der Waals surface area contributed by atoms with Gasteiger partial charge in [-0.15, -0.1) is 11.3 Å². The van der Waals surface area contributed by atoms with Crippen molar-refractivity contribution >= 4 is 33.1 Å². The first-order chi connectivity index (χ1) is 16.9. The smallest absolute Gasteiger partial charge is 0.382 e.